The molecule has 39 heavy (non-hydrogen) atoms. The minimum Gasteiger partial charge on any atom is -0.481 e. The summed E-state index contributed by atoms with van der Waals surface area (Å²) in [5.74, 6) is -2.03. The van der Waals surface area contributed by atoms with Crippen LogP contribution in [-0.2, 0) is 14.3 Å². The summed E-state index contributed by atoms with van der Waals surface area (Å²) < 4.78 is 12.1. The van der Waals surface area contributed by atoms with Crippen molar-refractivity contribution in [1.29, 1.82) is 0 Å². The molecule has 0 amide bonds. The molecule has 0 aliphatic carbocycles. The number of hydrogen-bond donors (Lipinski definition) is 6. The Morgan fingerprint density at radius 2 is 1.77 bits per heavy atom. The van der Waals surface area contributed by atoms with Gasteiger partial charge in [0.2, 0.25) is 0 Å². The highest BCUT2D eigenvalue weighted by Crippen LogP contribution is 2.33. The maximum Gasteiger partial charge on any atom is 0.308 e. The second kappa shape index (κ2) is 15.4. The van der Waals surface area contributed by atoms with Gasteiger partial charge in [0.1, 0.15) is 0 Å². The minimum absolute atomic E-state index is 0.0691. The molecule has 1 heterocycles. The van der Waals surface area contributed by atoms with Crippen LogP contribution in [0.4, 0.5) is 0 Å². The third kappa shape index (κ3) is 10.8. The van der Waals surface area contributed by atoms with Crippen molar-refractivity contribution >= 4 is 5.97 Å². The maximum atomic E-state index is 11.9. The monoisotopic (exact) mass is 562 g/mol. The molecule has 0 spiro atoms. The molecule has 0 aromatic carbocycles. The summed E-state index contributed by atoms with van der Waals surface area (Å²) in [7, 11) is 3.66. The Balaban J connectivity index is 2.86. The molecular formula is C29H58N2O8. The van der Waals surface area contributed by atoms with Crippen molar-refractivity contribution in [3.8, 4) is 0 Å². The van der Waals surface area contributed by atoms with Crippen LogP contribution in [0.25, 0.3) is 0 Å². The smallest absolute Gasteiger partial charge is 0.308 e. The number of nitrogens with one attached hydrogen (secondary N) is 1. The Morgan fingerprint density at radius 3 is 2.28 bits per heavy atom. The lowest BCUT2D eigenvalue weighted by Gasteiger charge is -2.41. The molecule has 1 aliphatic rings. The van der Waals surface area contributed by atoms with E-state index in [0.717, 1.165) is 6.42 Å². The third-order valence-corrected chi connectivity index (χ3v) is 8.52. The van der Waals surface area contributed by atoms with Crippen LogP contribution in [0.2, 0.25) is 0 Å². The van der Waals surface area contributed by atoms with Crippen molar-refractivity contribution in [3.63, 3.8) is 0 Å². The fourth-order valence-electron chi connectivity index (χ4n) is 6.27. The van der Waals surface area contributed by atoms with Crippen LogP contribution in [-0.4, -0.2) is 111 Å². The summed E-state index contributed by atoms with van der Waals surface area (Å²) in [5.41, 5.74) is -2.26. The van der Waals surface area contributed by atoms with E-state index in [0.29, 0.717) is 32.2 Å². The number of carbonyl (C=O) groups is 1. The molecule has 6 N–H and O–H groups in total. The van der Waals surface area contributed by atoms with Gasteiger partial charge in [-0.2, -0.15) is 0 Å². The number of aliphatic carboxylic acids is 1. The molecule has 0 saturated carbocycles. The number of rotatable bonds is 17. The SMILES string of the molecule is CCC[C@@](C)(O)[C@H](O)[C@@H](C)N(C)C[C@H](C)C[C@@](C)(O)C[C@@H](C)C(O[C@H]1CC(NC)[C@H](O)[C@@H](C)O1)[C@@H](C)C(=O)O. The number of carboxylic acid groups (broad SMARTS) is 1. The standard InChI is InChI=1S/C29H58N2O8/c1-11-12-29(8,37)26(33)20(5)31(10)16-17(2)14-28(7,36)15-18(3)25(19(4)27(34)35)39-23-13-22(30-9)24(32)21(6)38-23/h17-26,30,32-33,36-37H,11-16H2,1-10H3,(H,34,35)/t17-,18-,19-,20-,21-,22?,23+,24-,25?,26-,28-,29-/m1/s1. The molecule has 1 fully saturated rings. The number of nitrogens with zero attached hydrogens (tertiary/aromatic N) is 1. The van der Waals surface area contributed by atoms with E-state index in [1.807, 2.05) is 39.6 Å². The first-order chi connectivity index (χ1) is 17.9. The first-order valence-corrected chi connectivity index (χ1v) is 14.6. The molecule has 0 bridgehead atoms. The van der Waals surface area contributed by atoms with Gasteiger partial charge in [0.05, 0.1) is 41.5 Å². The largest absolute Gasteiger partial charge is 0.481 e. The Bertz CT molecular complexity index is 736. The highest BCUT2D eigenvalue weighted by molar-refractivity contribution is 5.70. The van der Waals surface area contributed by atoms with Gasteiger partial charge in [0, 0.05) is 25.0 Å². The van der Waals surface area contributed by atoms with Crippen molar-refractivity contribution in [2.45, 2.75) is 141 Å². The van der Waals surface area contributed by atoms with E-state index < -0.39 is 53.8 Å². The van der Waals surface area contributed by atoms with Crippen LogP contribution in [0.3, 0.4) is 0 Å². The normalized spacial score (nSPS) is 30.0. The summed E-state index contributed by atoms with van der Waals surface area (Å²) in [6.45, 7) is 15.2. The van der Waals surface area contributed by atoms with Crippen molar-refractivity contribution in [2.75, 3.05) is 20.6 Å². The number of hydrogen-bond acceptors (Lipinski definition) is 9. The number of carboxylic acids is 1. The van der Waals surface area contributed by atoms with E-state index in [-0.39, 0.29) is 23.9 Å². The number of aliphatic hydroxyl groups is 4. The molecule has 0 aromatic rings. The van der Waals surface area contributed by atoms with Crippen LogP contribution < -0.4 is 5.32 Å². The molecule has 1 rings (SSSR count). The van der Waals surface area contributed by atoms with Crippen LogP contribution >= 0.6 is 0 Å². The second-order valence-electron chi connectivity index (χ2n) is 12.8. The Morgan fingerprint density at radius 1 is 1.18 bits per heavy atom. The van der Waals surface area contributed by atoms with Crippen molar-refractivity contribution in [3.05, 3.63) is 0 Å². The highest BCUT2D eigenvalue weighted by atomic mass is 16.7. The van der Waals surface area contributed by atoms with Crippen molar-refractivity contribution in [2.24, 2.45) is 17.8 Å². The van der Waals surface area contributed by atoms with Gasteiger partial charge < -0.3 is 45.2 Å². The fourth-order valence-corrected chi connectivity index (χ4v) is 6.27. The average molecular weight is 563 g/mol. The zero-order chi connectivity index (χ0) is 30.3. The topological polar surface area (TPSA) is 152 Å². The quantitative estimate of drug-likeness (QED) is 0.156. The van der Waals surface area contributed by atoms with E-state index in [2.05, 4.69) is 5.32 Å². The summed E-state index contributed by atoms with van der Waals surface area (Å²) in [6, 6.07) is -0.507. The lowest BCUT2D eigenvalue weighted by atomic mass is 9.80. The van der Waals surface area contributed by atoms with E-state index >= 15 is 0 Å². The van der Waals surface area contributed by atoms with Gasteiger partial charge in [-0.3, -0.25) is 4.79 Å². The van der Waals surface area contributed by atoms with Crippen molar-refractivity contribution in [1.82, 2.24) is 10.2 Å². The fraction of sp³-hybridized carbons (Fsp3) is 0.966. The number of ether oxygens (including phenoxy) is 2. The lowest BCUT2D eigenvalue weighted by molar-refractivity contribution is -0.255. The zero-order valence-electron chi connectivity index (χ0n) is 25.9. The third-order valence-electron chi connectivity index (χ3n) is 8.52. The first-order valence-electron chi connectivity index (χ1n) is 14.6. The van der Waals surface area contributed by atoms with Gasteiger partial charge in [0.25, 0.3) is 0 Å². The van der Waals surface area contributed by atoms with E-state index in [9.17, 15) is 30.3 Å². The van der Waals surface area contributed by atoms with Gasteiger partial charge >= 0.3 is 5.97 Å². The summed E-state index contributed by atoms with van der Waals surface area (Å²) in [6.07, 6.45) is -0.985. The molecule has 10 nitrogen and oxygen atoms in total. The molecular weight excluding hydrogens is 504 g/mol. The van der Waals surface area contributed by atoms with Crippen LogP contribution in [0.15, 0.2) is 0 Å². The number of likely N-dealkylation sites (N-methyl/N-ethyl adjacent to an activating group) is 2. The van der Waals surface area contributed by atoms with Gasteiger partial charge in [-0.1, -0.05) is 27.2 Å². The zero-order valence-corrected chi connectivity index (χ0v) is 25.9. The highest BCUT2D eigenvalue weighted by Gasteiger charge is 2.41. The van der Waals surface area contributed by atoms with Crippen LogP contribution in [0.1, 0.15) is 87.5 Å². The van der Waals surface area contributed by atoms with Crippen molar-refractivity contribution < 1.29 is 39.8 Å². The van der Waals surface area contributed by atoms with Crippen LogP contribution in [0.5, 0.6) is 0 Å². The maximum absolute atomic E-state index is 11.9. The van der Waals surface area contributed by atoms with Gasteiger partial charge in [0.15, 0.2) is 6.29 Å². The summed E-state index contributed by atoms with van der Waals surface area (Å²) >= 11 is 0. The van der Waals surface area contributed by atoms with Gasteiger partial charge in [-0.05, 0) is 79.8 Å². The van der Waals surface area contributed by atoms with E-state index in [4.69, 9.17) is 9.47 Å². The van der Waals surface area contributed by atoms with Gasteiger partial charge in [-0.15, -0.1) is 0 Å². The van der Waals surface area contributed by atoms with E-state index in [1.165, 1.54) is 0 Å². The van der Waals surface area contributed by atoms with Crippen LogP contribution in [0, 0.1) is 17.8 Å². The molecule has 10 heteroatoms. The predicted molar refractivity (Wildman–Crippen MR) is 151 cm³/mol. The molecule has 2 unspecified atom stereocenters. The predicted octanol–water partition coefficient (Wildman–Crippen LogP) is 2.21. The summed E-state index contributed by atoms with van der Waals surface area (Å²) in [5, 5.41) is 55.9. The Labute approximate surface area is 236 Å². The molecule has 12 atom stereocenters. The molecule has 232 valence electrons. The second-order valence-corrected chi connectivity index (χ2v) is 12.8. The Hall–Kier alpha value is -0.850. The lowest BCUT2D eigenvalue weighted by Crippen LogP contribution is -2.54. The molecule has 0 aromatic heterocycles. The number of aliphatic hydroxyl groups excluding tert-OH is 2. The molecule has 0 radical (unpaired) electrons. The van der Waals surface area contributed by atoms with Gasteiger partial charge in [-0.25, -0.2) is 0 Å². The minimum atomic E-state index is -1.17. The summed E-state index contributed by atoms with van der Waals surface area (Å²) in [4.78, 5) is 13.9. The molecule has 1 aliphatic heterocycles. The Kier molecular flexibility index (Phi) is 14.3. The molecule has 1 saturated heterocycles. The van der Waals surface area contributed by atoms with E-state index in [1.54, 1.807) is 34.7 Å². The first kappa shape index (κ1) is 36.2. The average Bonchev–Trinajstić information content (AvgIpc) is 2.81.